The van der Waals surface area contributed by atoms with Crippen molar-refractivity contribution in [2.24, 2.45) is 5.92 Å². The van der Waals surface area contributed by atoms with Crippen LogP contribution in [0, 0.1) is 12.8 Å². The van der Waals surface area contributed by atoms with E-state index in [1.165, 1.54) is 17.6 Å². The maximum absolute atomic E-state index is 12.3. The highest BCUT2D eigenvalue weighted by atomic mass is 32.1. The fourth-order valence-electron chi connectivity index (χ4n) is 2.55. The molecule has 0 radical (unpaired) electrons. The lowest BCUT2D eigenvalue weighted by Gasteiger charge is -2.31. The Balaban J connectivity index is 1.62. The van der Waals surface area contributed by atoms with Crippen molar-refractivity contribution in [3.05, 3.63) is 35.2 Å². The molecule has 0 aromatic carbocycles. The van der Waals surface area contributed by atoms with Crippen molar-refractivity contribution in [3.63, 3.8) is 0 Å². The van der Waals surface area contributed by atoms with Crippen LogP contribution in [0.25, 0.3) is 0 Å². The van der Waals surface area contributed by atoms with Crippen molar-refractivity contribution in [1.29, 1.82) is 0 Å². The van der Waals surface area contributed by atoms with Gasteiger partial charge in [0.1, 0.15) is 0 Å². The number of carbonyl (C=O) groups excluding carboxylic acids is 2. The Morgan fingerprint density at radius 3 is 3.05 bits per heavy atom. The molecule has 1 N–H and O–H groups in total. The molecule has 3 heterocycles. The van der Waals surface area contributed by atoms with E-state index in [1.54, 1.807) is 17.0 Å². The van der Waals surface area contributed by atoms with Crippen molar-refractivity contribution in [3.8, 4) is 0 Å². The fourth-order valence-corrected chi connectivity index (χ4v) is 3.24. The number of hydrogen-bond donors (Lipinski definition) is 1. The highest BCUT2D eigenvalue weighted by Crippen LogP contribution is 2.22. The first kappa shape index (κ1) is 14.8. The molecule has 22 heavy (non-hydrogen) atoms. The smallest absolute Gasteiger partial charge is 0.289 e. The monoisotopic (exact) mass is 319 g/mol. The molecule has 6 nitrogen and oxygen atoms in total. The summed E-state index contributed by atoms with van der Waals surface area (Å²) in [6.45, 7) is 2.95. The molecule has 0 aliphatic carbocycles. The number of thiazole rings is 1. The third-order valence-electron chi connectivity index (χ3n) is 3.66. The predicted molar refractivity (Wildman–Crippen MR) is 82.8 cm³/mol. The highest BCUT2D eigenvalue weighted by molar-refractivity contribution is 7.13. The number of aryl methyl sites for hydroxylation is 1. The Morgan fingerprint density at radius 1 is 1.50 bits per heavy atom. The molecule has 0 saturated carbocycles. The summed E-state index contributed by atoms with van der Waals surface area (Å²) in [5, 5.41) is 5.33. The second-order valence-corrected chi connectivity index (χ2v) is 6.21. The zero-order chi connectivity index (χ0) is 15.5. The Hall–Kier alpha value is -2.15. The second-order valence-electron chi connectivity index (χ2n) is 5.35. The number of piperidine rings is 1. The molecular weight excluding hydrogens is 302 g/mol. The Bertz CT molecular complexity index is 665. The van der Waals surface area contributed by atoms with E-state index in [1.807, 2.05) is 12.3 Å². The van der Waals surface area contributed by atoms with Gasteiger partial charge in [-0.15, -0.1) is 11.3 Å². The molecule has 1 unspecified atom stereocenters. The van der Waals surface area contributed by atoms with Crippen molar-refractivity contribution < 1.29 is 14.0 Å². The third kappa shape index (κ3) is 3.19. The summed E-state index contributed by atoms with van der Waals surface area (Å²) in [7, 11) is 0. The summed E-state index contributed by atoms with van der Waals surface area (Å²) in [5.74, 6) is -0.132. The van der Waals surface area contributed by atoms with Crippen molar-refractivity contribution in [1.82, 2.24) is 9.88 Å². The Labute approximate surface area is 132 Å². The van der Waals surface area contributed by atoms with E-state index >= 15 is 0 Å². The van der Waals surface area contributed by atoms with Crippen LogP contribution in [0.15, 0.2) is 28.2 Å². The summed E-state index contributed by atoms with van der Waals surface area (Å²) >= 11 is 1.41. The summed E-state index contributed by atoms with van der Waals surface area (Å²) in [4.78, 5) is 30.5. The van der Waals surface area contributed by atoms with E-state index in [-0.39, 0.29) is 17.7 Å². The number of furan rings is 1. The number of nitrogens with one attached hydrogen (secondary N) is 1. The normalized spacial score (nSPS) is 18.2. The van der Waals surface area contributed by atoms with Gasteiger partial charge in [0.25, 0.3) is 5.91 Å². The molecule has 1 fully saturated rings. The van der Waals surface area contributed by atoms with Gasteiger partial charge < -0.3 is 14.6 Å². The standard InChI is InChI=1S/C15H17N3O3S/c1-10-9-22-15(16-10)17-13(19)11-4-2-6-18(8-11)14(20)12-5-3-7-21-12/h3,5,7,9,11H,2,4,6,8H2,1H3,(H,16,17,19). The molecule has 1 aliphatic rings. The minimum Gasteiger partial charge on any atom is -0.459 e. The first-order valence-corrected chi connectivity index (χ1v) is 8.07. The van der Waals surface area contributed by atoms with Crippen LogP contribution in [0.2, 0.25) is 0 Å². The van der Waals surface area contributed by atoms with Crippen LogP contribution in [-0.4, -0.2) is 34.8 Å². The number of hydrogen-bond acceptors (Lipinski definition) is 5. The molecule has 3 rings (SSSR count). The Morgan fingerprint density at radius 2 is 2.36 bits per heavy atom. The molecule has 1 saturated heterocycles. The van der Waals surface area contributed by atoms with Crippen LogP contribution in [0.5, 0.6) is 0 Å². The number of rotatable bonds is 3. The van der Waals surface area contributed by atoms with Crippen LogP contribution >= 0.6 is 11.3 Å². The molecule has 2 aromatic heterocycles. The number of nitrogens with zero attached hydrogens (tertiary/aromatic N) is 2. The highest BCUT2D eigenvalue weighted by Gasteiger charge is 2.30. The molecule has 2 aromatic rings. The zero-order valence-corrected chi connectivity index (χ0v) is 13.1. The average Bonchev–Trinajstić information content (AvgIpc) is 3.18. The largest absolute Gasteiger partial charge is 0.459 e. The topological polar surface area (TPSA) is 75.4 Å². The molecule has 1 aliphatic heterocycles. The SMILES string of the molecule is Cc1csc(NC(=O)C2CCCN(C(=O)c3ccco3)C2)n1. The van der Waals surface area contributed by atoms with Gasteiger partial charge in [-0.3, -0.25) is 9.59 Å². The van der Waals surface area contributed by atoms with Crippen molar-refractivity contribution in [2.45, 2.75) is 19.8 Å². The summed E-state index contributed by atoms with van der Waals surface area (Å²) in [6.07, 6.45) is 3.06. The number of carbonyl (C=O) groups is 2. The first-order valence-electron chi connectivity index (χ1n) is 7.19. The summed E-state index contributed by atoms with van der Waals surface area (Å²) in [6, 6.07) is 3.33. The lowest BCUT2D eigenvalue weighted by molar-refractivity contribution is -0.121. The van der Waals surface area contributed by atoms with Gasteiger partial charge in [-0.1, -0.05) is 0 Å². The van der Waals surface area contributed by atoms with E-state index in [9.17, 15) is 9.59 Å². The molecule has 1 atom stereocenters. The van der Waals surface area contributed by atoms with E-state index in [0.29, 0.717) is 24.0 Å². The molecule has 116 valence electrons. The minimum absolute atomic E-state index is 0.0775. The van der Waals surface area contributed by atoms with Crippen LogP contribution in [0.3, 0.4) is 0 Å². The quantitative estimate of drug-likeness (QED) is 0.943. The third-order valence-corrected chi connectivity index (χ3v) is 4.54. The van der Waals surface area contributed by atoms with Gasteiger partial charge in [0.2, 0.25) is 5.91 Å². The molecule has 0 bridgehead atoms. The summed E-state index contributed by atoms with van der Waals surface area (Å²) < 4.78 is 5.14. The molecule has 0 spiro atoms. The molecular formula is C15H17N3O3S. The van der Waals surface area contributed by atoms with Crippen molar-refractivity contribution in [2.75, 3.05) is 18.4 Å². The van der Waals surface area contributed by atoms with E-state index < -0.39 is 0 Å². The van der Waals surface area contributed by atoms with Crippen molar-refractivity contribution >= 4 is 28.3 Å². The summed E-state index contributed by atoms with van der Waals surface area (Å²) in [5.41, 5.74) is 0.888. The van der Waals surface area contributed by atoms with Crippen LogP contribution in [0.1, 0.15) is 29.1 Å². The van der Waals surface area contributed by atoms with Gasteiger partial charge in [0, 0.05) is 18.5 Å². The average molecular weight is 319 g/mol. The van der Waals surface area contributed by atoms with Gasteiger partial charge in [0.15, 0.2) is 10.9 Å². The van der Waals surface area contributed by atoms with Gasteiger partial charge in [-0.2, -0.15) is 0 Å². The van der Waals surface area contributed by atoms with E-state index in [0.717, 1.165) is 18.5 Å². The number of anilines is 1. The minimum atomic E-state index is -0.211. The maximum Gasteiger partial charge on any atom is 0.289 e. The van der Waals surface area contributed by atoms with Gasteiger partial charge in [-0.25, -0.2) is 4.98 Å². The van der Waals surface area contributed by atoms with Crippen LogP contribution in [-0.2, 0) is 4.79 Å². The van der Waals surface area contributed by atoms with Gasteiger partial charge in [-0.05, 0) is 31.9 Å². The molecule has 7 heteroatoms. The number of amides is 2. The fraction of sp³-hybridized carbons (Fsp3) is 0.400. The van der Waals surface area contributed by atoms with Gasteiger partial charge >= 0.3 is 0 Å². The first-order chi connectivity index (χ1) is 10.6. The second kappa shape index (κ2) is 6.31. The number of aromatic nitrogens is 1. The number of likely N-dealkylation sites (tertiary alicyclic amines) is 1. The lowest BCUT2D eigenvalue weighted by atomic mass is 9.97. The predicted octanol–water partition coefficient (Wildman–Crippen LogP) is 2.54. The van der Waals surface area contributed by atoms with Gasteiger partial charge in [0.05, 0.1) is 17.9 Å². The maximum atomic E-state index is 12.3. The van der Waals surface area contributed by atoms with Crippen LogP contribution < -0.4 is 5.32 Å². The zero-order valence-electron chi connectivity index (χ0n) is 12.2. The van der Waals surface area contributed by atoms with E-state index in [4.69, 9.17) is 4.42 Å². The molecule has 2 amide bonds. The lowest BCUT2D eigenvalue weighted by Crippen LogP contribution is -2.43. The van der Waals surface area contributed by atoms with E-state index in [2.05, 4.69) is 10.3 Å². The Kier molecular flexibility index (Phi) is 4.24. The van der Waals surface area contributed by atoms with Crippen LogP contribution in [0.4, 0.5) is 5.13 Å².